The maximum atomic E-state index is 4.65. The SMILES string of the molecule is CNC(C)c1cnc(N2CCN(C)CC2)nc1C. The van der Waals surface area contributed by atoms with Crippen molar-refractivity contribution in [3.8, 4) is 0 Å². The van der Waals surface area contributed by atoms with Crippen LogP contribution in [0, 0.1) is 6.92 Å². The van der Waals surface area contributed by atoms with Crippen LogP contribution >= 0.6 is 0 Å². The highest BCUT2D eigenvalue weighted by atomic mass is 15.3. The van der Waals surface area contributed by atoms with E-state index in [9.17, 15) is 0 Å². The van der Waals surface area contributed by atoms with E-state index < -0.39 is 0 Å². The third kappa shape index (κ3) is 2.79. The number of rotatable bonds is 3. The van der Waals surface area contributed by atoms with Gasteiger partial charge in [-0.25, -0.2) is 9.97 Å². The molecule has 0 radical (unpaired) electrons. The van der Waals surface area contributed by atoms with E-state index in [4.69, 9.17) is 0 Å². The van der Waals surface area contributed by atoms with E-state index in [0.29, 0.717) is 6.04 Å². The van der Waals surface area contributed by atoms with Gasteiger partial charge in [-0.2, -0.15) is 0 Å². The molecule has 0 amide bonds. The van der Waals surface area contributed by atoms with Gasteiger partial charge in [-0.15, -0.1) is 0 Å². The van der Waals surface area contributed by atoms with Gasteiger partial charge in [0, 0.05) is 49.7 Å². The van der Waals surface area contributed by atoms with Gasteiger partial charge in [0.2, 0.25) is 5.95 Å². The first-order valence-corrected chi connectivity index (χ1v) is 6.56. The van der Waals surface area contributed by atoms with E-state index in [1.165, 1.54) is 5.56 Å². The van der Waals surface area contributed by atoms with Crippen LogP contribution in [0.4, 0.5) is 5.95 Å². The third-order valence-corrected chi connectivity index (χ3v) is 3.69. The summed E-state index contributed by atoms with van der Waals surface area (Å²) in [4.78, 5) is 13.8. The maximum absolute atomic E-state index is 4.65. The Hall–Kier alpha value is -1.20. The molecule has 1 saturated heterocycles. The topological polar surface area (TPSA) is 44.3 Å². The van der Waals surface area contributed by atoms with Crippen molar-refractivity contribution in [1.82, 2.24) is 20.2 Å². The van der Waals surface area contributed by atoms with E-state index in [1.54, 1.807) is 0 Å². The maximum Gasteiger partial charge on any atom is 0.225 e. The van der Waals surface area contributed by atoms with E-state index in [2.05, 4.69) is 46.0 Å². The molecule has 0 bridgehead atoms. The van der Waals surface area contributed by atoms with Gasteiger partial charge in [0.15, 0.2) is 0 Å². The predicted molar refractivity (Wildman–Crippen MR) is 74.0 cm³/mol. The van der Waals surface area contributed by atoms with E-state index in [0.717, 1.165) is 37.8 Å². The fourth-order valence-electron chi connectivity index (χ4n) is 2.20. The molecule has 2 rings (SSSR count). The fourth-order valence-corrected chi connectivity index (χ4v) is 2.20. The summed E-state index contributed by atoms with van der Waals surface area (Å²) in [5.41, 5.74) is 2.25. The average molecular weight is 249 g/mol. The van der Waals surface area contributed by atoms with Crippen LogP contribution in [0.1, 0.15) is 24.2 Å². The number of aromatic nitrogens is 2. The molecule has 5 nitrogen and oxygen atoms in total. The fraction of sp³-hybridized carbons (Fsp3) is 0.692. The van der Waals surface area contributed by atoms with E-state index in [-0.39, 0.29) is 0 Å². The Morgan fingerprint density at radius 1 is 1.28 bits per heavy atom. The third-order valence-electron chi connectivity index (χ3n) is 3.69. The molecular weight excluding hydrogens is 226 g/mol. The monoisotopic (exact) mass is 249 g/mol. The molecule has 5 heteroatoms. The van der Waals surface area contributed by atoms with Gasteiger partial charge in [0.05, 0.1) is 0 Å². The second-order valence-corrected chi connectivity index (χ2v) is 5.01. The van der Waals surface area contributed by atoms with Gasteiger partial charge in [0.25, 0.3) is 0 Å². The molecule has 0 spiro atoms. The predicted octanol–water partition coefficient (Wildman–Crippen LogP) is 0.817. The summed E-state index contributed by atoms with van der Waals surface area (Å²) < 4.78 is 0. The molecule has 0 saturated carbocycles. The zero-order valence-electron chi connectivity index (χ0n) is 11.8. The lowest BCUT2D eigenvalue weighted by Crippen LogP contribution is -2.45. The van der Waals surface area contributed by atoms with Crippen LogP contribution in [0.25, 0.3) is 0 Å². The second kappa shape index (κ2) is 5.63. The molecule has 0 aliphatic carbocycles. The minimum Gasteiger partial charge on any atom is -0.338 e. The molecule has 1 fully saturated rings. The molecule has 100 valence electrons. The number of aryl methyl sites for hydroxylation is 1. The van der Waals surface area contributed by atoms with Crippen molar-refractivity contribution in [3.05, 3.63) is 17.5 Å². The summed E-state index contributed by atoms with van der Waals surface area (Å²) in [5, 5.41) is 3.23. The highest BCUT2D eigenvalue weighted by Gasteiger charge is 2.17. The van der Waals surface area contributed by atoms with Crippen LogP contribution in [0.15, 0.2) is 6.20 Å². The normalized spacial score (nSPS) is 19.0. The van der Waals surface area contributed by atoms with Gasteiger partial charge in [-0.3, -0.25) is 0 Å². The summed E-state index contributed by atoms with van der Waals surface area (Å²) in [6.07, 6.45) is 1.96. The number of anilines is 1. The number of piperazine rings is 1. The molecule has 1 unspecified atom stereocenters. The van der Waals surface area contributed by atoms with Gasteiger partial charge < -0.3 is 15.1 Å². The average Bonchev–Trinajstić information content (AvgIpc) is 2.38. The summed E-state index contributed by atoms with van der Waals surface area (Å²) in [7, 11) is 4.11. The Morgan fingerprint density at radius 3 is 2.50 bits per heavy atom. The van der Waals surface area contributed by atoms with Gasteiger partial charge in [0.1, 0.15) is 0 Å². The Labute approximate surface area is 109 Å². The molecule has 1 aliphatic heterocycles. The molecule has 1 atom stereocenters. The minimum atomic E-state index is 0.298. The zero-order valence-corrected chi connectivity index (χ0v) is 11.8. The lowest BCUT2D eigenvalue weighted by molar-refractivity contribution is 0.311. The standard InChI is InChI=1S/C13H23N5/c1-10(14-3)12-9-15-13(16-11(12)2)18-7-5-17(4)6-8-18/h9-10,14H,5-8H2,1-4H3. The molecule has 1 N–H and O–H groups in total. The van der Waals surface area contributed by atoms with Crippen molar-refractivity contribution in [2.45, 2.75) is 19.9 Å². The lowest BCUT2D eigenvalue weighted by Gasteiger charge is -2.32. The van der Waals surface area contributed by atoms with Crippen molar-refractivity contribution in [2.75, 3.05) is 45.2 Å². The van der Waals surface area contributed by atoms with Gasteiger partial charge in [-0.1, -0.05) is 0 Å². The van der Waals surface area contributed by atoms with Crippen LogP contribution in [0.5, 0.6) is 0 Å². The van der Waals surface area contributed by atoms with Crippen molar-refractivity contribution < 1.29 is 0 Å². The molecule has 1 aliphatic rings. The smallest absolute Gasteiger partial charge is 0.225 e. The summed E-state index contributed by atoms with van der Waals surface area (Å²) >= 11 is 0. The molecule has 0 aromatic carbocycles. The second-order valence-electron chi connectivity index (χ2n) is 5.01. The first-order chi connectivity index (χ1) is 8.61. The molecule has 2 heterocycles. The first kappa shape index (κ1) is 13.2. The Bertz CT molecular complexity index is 398. The molecule has 1 aromatic heterocycles. The molecular formula is C13H23N5. The molecule has 1 aromatic rings. The van der Waals surface area contributed by atoms with Crippen LogP contribution in [0.3, 0.4) is 0 Å². The Morgan fingerprint density at radius 2 is 1.94 bits per heavy atom. The van der Waals surface area contributed by atoms with Crippen molar-refractivity contribution in [1.29, 1.82) is 0 Å². The largest absolute Gasteiger partial charge is 0.338 e. The Balaban J connectivity index is 2.13. The number of nitrogens with one attached hydrogen (secondary N) is 1. The number of likely N-dealkylation sites (N-methyl/N-ethyl adjacent to an activating group) is 1. The number of hydrogen-bond donors (Lipinski definition) is 1. The van der Waals surface area contributed by atoms with Crippen LogP contribution in [-0.4, -0.2) is 55.1 Å². The van der Waals surface area contributed by atoms with Crippen LogP contribution in [0.2, 0.25) is 0 Å². The quantitative estimate of drug-likeness (QED) is 0.859. The van der Waals surface area contributed by atoms with E-state index >= 15 is 0 Å². The van der Waals surface area contributed by atoms with Crippen LogP contribution in [-0.2, 0) is 0 Å². The van der Waals surface area contributed by atoms with Crippen molar-refractivity contribution >= 4 is 5.95 Å². The highest BCUT2D eigenvalue weighted by Crippen LogP contribution is 2.18. The van der Waals surface area contributed by atoms with Crippen LogP contribution < -0.4 is 10.2 Å². The number of nitrogens with zero attached hydrogens (tertiary/aromatic N) is 4. The summed E-state index contributed by atoms with van der Waals surface area (Å²) in [6.45, 7) is 8.37. The van der Waals surface area contributed by atoms with Crippen molar-refractivity contribution in [2.24, 2.45) is 0 Å². The highest BCUT2D eigenvalue weighted by molar-refractivity contribution is 5.34. The zero-order chi connectivity index (χ0) is 13.1. The molecule has 18 heavy (non-hydrogen) atoms. The van der Waals surface area contributed by atoms with Gasteiger partial charge >= 0.3 is 0 Å². The Kier molecular flexibility index (Phi) is 4.14. The van der Waals surface area contributed by atoms with Crippen molar-refractivity contribution in [3.63, 3.8) is 0 Å². The first-order valence-electron chi connectivity index (χ1n) is 6.56. The minimum absolute atomic E-state index is 0.298. The summed E-state index contributed by atoms with van der Waals surface area (Å²) in [5.74, 6) is 0.868. The number of hydrogen-bond acceptors (Lipinski definition) is 5. The van der Waals surface area contributed by atoms with Gasteiger partial charge in [-0.05, 0) is 27.9 Å². The summed E-state index contributed by atoms with van der Waals surface area (Å²) in [6, 6.07) is 0.298. The van der Waals surface area contributed by atoms with E-state index in [1.807, 2.05) is 13.2 Å². The lowest BCUT2D eigenvalue weighted by atomic mass is 10.1.